The van der Waals surface area contributed by atoms with E-state index in [1.165, 1.54) is 24.4 Å². The van der Waals surface area contributed by atoms with Crippen LogP contribution in [0.1, 0.15) is 24.5 Å². The highest BCUT2D eigenvalue weighted by atomic mass is 35.5. The first-order valence-electron chi connectivity index (χ1n) is 8.12. The van der Waals surface area contributed by atoms with Crippen LogP contribution in [-0.4, -0.2) is 33.8 Å². The van der Waals surface area contributed by atoms with Crippen molar-refractivity contribution in [3.63, 3.8) is 0 Å². The molecule has 0 radical (unpaired) electrons. The topological polar surface area (TPSA) is 82.0 Å². The summed E-state index contributed by atoms with van der Waals surface area (Å²) in [4.78, 5) is 24.8. The van der Waals surface area contributed by atoms with Gasteiger partial charge in [-0.3, -0.25) is 4.79 Å². The van der Waals surface area contributed by atoms with Gasteiger partial charge < -0.3 is 10.4 Å². The first-order chi connectivity index (χ1) is 12.4. The predicted octanol–water partition coefficient (Wildman–Crippen LogP) is 3.32. The summed E-state index contributed by atoms with van der Waals surface area (Å²) in [5.74, 6) is -0.478. The summed E-state index contributed by atoms with van der Waals surface area (Å²) < 4.78 is 0. The molecule has 0 aliphatic carbocycles. The van der Waals surface area contributed by atoms with Crippen LogP contribution >= 0.6 is 11.6 Å². The van der Waals surface area contributed by atoms with E-state index >= 15 is 0 Å². The molecule has 2 aromatic carbocycles. The Morgan fingerprint density at radius 3 is 2.69 bits per heavy atom. The van der Waals surface area contributed by atoms with Crippen molar-refractivity contribution in [3.05, 3.63) is 64.7 Å². The molecule has 1 aliphatic rings. The molecule has 1 aliphatic heterocycles. The van der Waals surface area contributed by atoms with Crippen LogP contribution in [0.25, 0.3) is 0 Å². The van der Waals surface area contributed by atoms with Gasteiger partial charge in [-0.1, -0.05) is 41.9 Å². The summed E-state index contributed by atoms with van der Waals surface area (Å²) >= 11 is 5.88. The minimum atomic E-state index is -1.03. The second kappa shape index (κ2) is 7.17. The Bertz CT molecular complexity index is 870. The van der Waals surface area contributed by atoms with Crippen molar-refractivity contribution in [1.29, 1.82) is 0 Å². The first kappa shape index (κ1) is 17.9. The molecule has 26 heavy (non-hydrogen) atoms. The molecule has 3 rings (SSSR count). The molecular formula is C19H18ClN3O3. The highest BCUT2D eigenvalue weighted by molar-refractivity contribution is 6.30. The summed E-state index contributed by atoms with van der Waals surface area (Å²) in [5, 5.41) is 17.6. The smallest absolute Gasteiger partial charge is 0.346 e. The van der Waals surface area contributed by atoms with E-state index in [2.05, 4.69) is 10.4 Å². The molecule has 7 heteroatoms. The average Bonchev–Trinajstić information content (AvgIpc) is 2.84. The van der Waals surface area contributed by atoms with Crippen LogP contribution in [0.4, 0.5) is 4.79 Å². The van der Waals surface area contributed by atoms with Gasteiger partial charge in [0.25, 0.3) is 5.91 Å². The number of hydrazone groups is 1. The van der Waals surface area contributed by atoms with Crippen molar-refractivity contribution >= 4 is 29.8 Å². The fourth-order valence-corrected chi connectivity index (χ4v) is 2.91. The van der Waals surface area contributed by atoms with Crippen molar-refractivity contribution in [3.8, 4) is 5.75 Å². The number of nitrogens with zero attached hydrogens (tertiary/aromatic N) is 2. The number of nitrogens with one attached hydrogen (secondary N) is 1. The van der Waals surface area contributed by atoms with Crippen molar-refractivity contribution in [2.75, 3.05) is 0 Å². The molecule has 1 atom stereocenters. The number of carbonyl (C=O) groups excluding carboxylic acids is 2. The number of benzene rings is 2. The average molecular weight is 372 g/mol. The molecule has 2 aromatic rings. The van der Waals surface area contributed by atoms with E-state index in [4.69, 9.17) is 11.6 Å². The minimum absolute atomic E-state index is 0.0444. The molecule has 3 amide bonds. The zero-order valence-corrected chi connectivity index (χ0v) is 14.9. The fraction of sp³-hybridized carbons (Fsp3) is 0.211. The van der Waals surface area contributed by atoms with Crippen LogP contribution in [0.2, 0.25) is 5.02 Å². The minimum Gasteiger partial charge on any atom is -0.507 e. The largest absolute Gasteiger partial charge is 0.507 e. The maximum atomic E-state index is 12.7. The van der Waals surface area contributed by atoms with Crippen molar-refractivity contribution < 1.29 is 14.7 Å². The zero-order valence-electron chi connectivity index (χ0n) is 14.1. The number of hydrogen-bond donors (Lipinski definition) is 2. The van der Waals surface area contributed by atoms with Crippen molar-refractivity contribution in [2.24, 2.45) is 5.10 Å². The molecule has 134 valence electrons. The van der Waals surface area contributed by atoms with Crippen LogP contribution < -0.4 is 5.32 Å². The third-order valence-electron chi connectivity index (χ3n) is 4.30. The standard InChI is InChI=1S/C19H18ClN3O3/c1-19(10-9-13-5-3-2-4-6-13)17(25)23(18(26)22-19)21-12-14-11-15(20)7-8-16(14)24/h2-8,11-12,24H,9-10H2,1H3,(H,22,26)/b21-12+/t19-/m0/s1. The van der Waals surface area contributed by atoms with Gasteiger partial charge in [-0.2, -0.15) is 5.10 Å². The lowest BCUT2D eigenvalue weighted by molar-refractivity contribution is -0.130. The van der Waals surface area contributed by atoms with Gasteiger partial charge in [-0.05, 0) is 43.5 Å². The van der Waals surface area contributed by atoms with Crippen LogP contribution in [0.15, 0.2) is 53.6 Å². The molecule has 6 nitrogen and oxygen atoms in total. The van der Waals surface area contributed by atoms with E-state index in [1.54, 1.807) is 6.92 Å². The molecule has 0 bridgehead atoms. The highest BCUT2D eigenvalue weighted by Gasteiger charge is 2.47. The number of hydrogen-bond acceptors (Lipinski definition) is 4. The number of aromatic hydroxyl groups is 1. The summed E-state index contributed by atoms with van der Waals surface area (Å²) in [5.41, 5.74) is 0.373. The zero-order chi connectivity index (χ0) is 18.7. The van der Waals surface area contributed by atoms with Gasteiger partial charge in [0, 0.05) is 10.6 Å². The maximum absolute atomic E-state index is 12.7. The van der Waals surface area contributed by atoms with Crippen LogP contribution in [0.3, 0.4) is 0 Å². The van der Waals surface area contributed by atoms with E-state index < -0.39 is 17.5 Å². The van der Waals surface area contributed by atoms with E-state index in [0.717, 1.165) is 10.6 Å². The second-order valence-corrected chi connectivity index (χ2v) is 6.75. The van der Waals surface area contributed by atoms with Crippen LogP contribution in [0, 0.1) is 0 Å². The quantitative estimate of drug-likeness (QED) is 0.624. The van der Waals surface area contributed by atoms with E-state index in [1.807, 2.05) is 30.3 Å². The van der Waals surface area contributed by atoms with Crippen LogP contribution in [0.5, 0.6) is 5.75 Å². The molecule has 0 saturated carbocycles. The number of phenolic OH excluding ortho intramolecular Hbond substituents is 1. The molecule has 1 heterocycles. The normalized spacial score (nSPS) is 20.0. The molecule has 1 saturated heterocycles. The Balaban J connectivity index is 1.73. The Kier molecular flexibility index (Phi) is 4.95. The van der Waals surface area contributed by atoms with Gasteiger partial charge >= 0.3 is 6.03 Å². The predicted molar refractivity (Wildman–Crippen MR) is 99.3 cm³/mol. The lowest BCUT2D eigenvalue weighted by Crippen LogP contribution is -2.44. The highest BCUT2D eigenvalue weighted by Crippen LogP contribution is 2.24. The van der Waals surface area contributed by atoms with Crippen molar-refractivity contribution in [2.45, 2.75) is 25.3 Å². The summed E-state index contributed by atoms with van der Waals surface area (Å²) in [6, 6.07) is 13.6. The number of rotatable bonds is 5. The number of carbonyl (C=O) groups is 2. The van der Waals surface area contributed by atoms with E-state index in [0.29, 0.717) is 23.4 Å². The maximum Gasteiger partial charge on any atom is 0.346 e. The summed E-state index contributed by atoms with van der Waals surface area (Å²) in [6.07, 6.45) is 2.34. The van der Waals surface area contributed by atoms with Crippen molar-refractivity contribution in [1.82, 2.24) is 10.3 Å². The Labute approximate surface area is 156 Å². The molecule has 0 unspecified atom stereocenters. The molecule has 1 fully saturated rings. The number of phenols is 1. The number of imide groups is 1. The van der Waals surface area contributed by atoms with Gasteiger partial charge in [-0.25, -0.2) is 4.79 Å². The Hall–Kier alpha value is -2.86. The third-order valence-corrected chi connectivity index (χ3v) is 4.53. The van der Waals surface area contributed by atoms with Gasteiger partial charge in [0.2, 0.25) is 0 Å². The number of amides is 3. The Morgan fingerprint density at radius 2 is 1.96 bits per heavy atom. The molecule has 0 aromatic heterocycles. The summed E-state index contributed by atoms with van der Waals surface area (Å²) in [7, 11) is 0. The lowest BCUT2D eigenvalue weighted by Gasteiger charge is -2.20. The lowest BCUT2D eigenvalue weighted by atomic mass is 9.93. The van der Waals surface area contributed by atoms with E-state index in [-0.39, 0.29) is 5.75 Å². The van der Waals surface area contributed by atoms with Gasteiger partial charge in [0.05, 0.1) is 6.21 Å². The van der Waals surface area contributed by atoms with Gasteiger partial charge in [-0.15, -0.1) is 5.01 Å². The number of halogens is 1. The third kappa shape index (κ3) is 3.70. The monoisotopic (exact) mass is 371 g/mol. The van der Waals surface area contributed by atoms with Crippen LogP contribution in [-0.2, 0) is 11.2 Å². The summed E-state index contributed by atoms with van der Waals surface area (Å²) in [6.45, 7) is 1.68. The second-order valence-electron chi connectivity index (χ2n) is 6.31. The fourth-order valence-electron chi connectivity index (χ4n) is 2.73. The first-order valence-corrected chi connectivity index (χ1v) is 8.50. The number of aryl methyl sites for hydroxylation is 1. The van der Waals surface area contributed by atoms with Gasteiger partial charge in [0.1, 0.15) is 11.3 Å². The molecular weight excluding hydrogens is 354 g/mol. The molecule has 2 N–H and O–H groups in total. The SMILES string of the molecule is C[C@@]1(CCc2ccccc2)NC(=O)N(/N=C/c2cc(Cl)ccc2O)C1=O. The van der Waals surface area contributed by atoms with Gasteiger partial charge in [0.15, 0.2) is 0 Å². The number of urea groups is 1. The Morgan fingerprint density at radius 1 is 1.23 bits per heavy atom. The molecule has 0 spiro atoms. The van der Waals surface area contributed by atoms with E-state index in [9.17, 15) is 14.7 Å².